The lowest BCUT2D eigenvalue weighted by molar-refractivity contribution is 0.0665. The van der Waals surface area contributed by atoms with Gasteiger partial charge in [0.2, 0.25) is 0 Å². The Labute approximate surface area is 56.5 Å². The minimum Gasteiger partial charge on any atom is -0.392 e. The molecule has 0 spiro atoms. The fourth-order valence-corrected chi connectivity index (χ4v) is 1.43. The molecule has 1 heterocycles. The van der Waals surface area contributed by atoms with Gasteiger partial charge in [-0.15, -0.1) is 0 Å². The van der Waals surface area contributed by atoms with Gasteiger partial charge in [0.15, 0.2) is 0 Å². The van der Waals surface area contributed by atoms with Gasteiger partial charge in [0, 0.05) is 20.1 Å². The Bertz CT molecular complexity index is 69.9. The number of likely N-dealkylation sites (tertiary alicyclic amines) is 1. The van der Waals surface area contributed by atoms with Crippen LogP contribution in [0.2, 0.25) is 0 Å². The highest BCUT2D eigenvalue weighted by Gasteiger charge is 2.19. The molecule has 1 aliphatic rings. The van der Waals surface area contributed by atoms with Gasteiger partial charge in [-0.1, -0.05) is 6.92 Å². The van der Waals surface area contributed by atoms with E-state index in [4.69, 9.17) is 5.11 Å². The van der Waals surface area contributed by atoms with Gasteiger partial charge in [0.25, 0.3) is 0 Å². The van der Waals surface area contributed by atoms with E-state index in [0.717, 1.165) is 19.5 Å². The molecule has 9 heavy (non-hydrogen) atoms. The van der Waals surface area contributed by atoms with E-state index in [2.05, 4.69) is 14.0 Å². The van der Waals surface area contributed by atoms with Crippen molar-refractivity contribution < 1.29 is 5.11 Å². The molecule has 2 heteroatoms. The normalized spacial score (nSPS) is 39.0. The van der Waals surface area contributed by atoms with Crippen LogP contribution in [0, 0.1) is 13.0 Å². The Morgan fingerprint density at radius 2 is 2.22 bits per heavy atom. The summed E-state index contributed by atoms with van der Waals surface area (Å²) in [7, 11) is 3.77. The Morgan fingerprint density at radius 3 is 2.67 bits per heavy atom. The molecule has 0 bridgehead atoms. The summed E-state index contributed by atoms with van der Waals surface area (Å²) in [6, 6.07) is 0. The summed E-state index contributed by atoms with van der Waals surface area (Å²) in [4.78, 5) is 1.93. The molecule has 2 atom stereocenters. The van der Waals surface area contributed by atoms with Crippen LogP contribution in [-0.4, -0.2) is 29.2 Å². The highest BCUT2D eigenvalue weighted by Crippen LogP contribution is 2.14. The van der Waals surface area contributed by atoms with Crippen LogP contribution in [0.15, 0.2) is 0 Å². The first-order valence-electron chi connectivity index (χ1n) is 3.42. The molecule has 1 rings (SSSR count). The summed E-state index contributed by atoms with van der Waals surface area (Å²) in [6.45, 7) is 3.90. The van der Waals surface area contributed by atoms with Gasteiger partial charge in [-0.3, -0.25) is 4.90 Å². The molecule has 0 aromatic carbocycles. The number of piperidine rings is 1. The molecule has 1 radical (unpaired) electrons. The number of nitrogens with zero attached hydrogens (tertiary/aromatic N) is 1. The molecule has 1 aliphatic heterocycles. The third kappa shape index (κ3) is 1.95. The molecule has 1 saturated heterocycles. The van der Waals surface area contributed by atoms with E-state index in [-0.39, 0.29) is 6.10 Å². The number of aliphatic hydroxyl groups is 1. The molecule has 0 aromatic heterocycles. The van der Waals surface area contributed by atoms with Crippen LogP contribution >= 0.6 is 0 Å². The summed E-state index contributed by atoms with van der Waals surface area (Å²) >= 11 is 0. The van der Waals surface area contributed by atoms with Gasteiger partial charge in [-0.25, -0.2) is 0 Å². The van der Waals surface area contributed by atoms with Crippen molar-refractivity contribution in [3.05, 3.63) is 7.05 Å². The molecule has 0 saturated carbocycles. The van der Waals surface area contributed by atoms with Crippen molar-refractivity contribution in [1.29, 1.82) is 0 Å². The maximum Gasteiger partial charge on any atom is 0.0670 e. The van der Waals surface area contributed by atoms with Crippen LogP contribution in [0.3, 0.4) is 0 Å². The lowest BCUT2D eigenvalue weighted by Gasteiger charge is -2.30. The lowest BCUT2D eigenvalue weighted by atomic mass is 9.99. The number of β-amino-alcohol motifs (C(OH)–C–C–N with tert-alkyl or cyclic N) is 1. The fourth-order valence-electron chi connectivity index (χ4n) is 1.43. The topological polar surface area (TPSA) is 23.5 Å². The highest BCUT2D eigenvalue weighted by atomic mass is 16.3. The summed E-state index contributed by atoms with van der Waals surface area (Å²) in [5.74, 6) is 0.603. The summed E-state index contributed by atoms with van der Waals surface area (Å²) in [5.41, 5.74) is 0. The van der Waals surface area contributed by atoms with Crippen LogP contribution in [0.5, 0.6) is 0 Å². The molecule has 1 N–H and O–H groups in total. The molecule has 0 aromatic rings. The monoisotopic (exact) mass is 128 g/mol. The van der Waals surface area contributed by atoms with Crippen molar-refractivity contribution in [2.24, 2.45) is 5.92 Å². The van der Waals surface area contributed by atoms with Crippen LogP contribution in [-0.2, 0) is 0 Å². The maximum absolute atomic E-state index is 9.17. The van der Waals surface area contributed by atoms with Gasteiger partial charge < -0.3 is 5.11 Å². The second-order valence-electron chi connectivity index (χ2n) is 3.03. The Hall–Kier alpha value is -0.0800. The molecule has 0 aliphatic carbocycles. The first-order chi connectivity index (χ1) is 4.18. The smallest absolute Gasteiger partial charge is 0.0670 e. The van der Waals surface area contributed by atoms with Crippen LogP contribution in [0.1, 0.15) is 13.3 Å². The van der Waals surface area contributed by atoms with E-state index in [1.165, 1.54) is 0 Å². The van der Waals surface area contributed by atoms with E-state index in [0.29, 0.717) is 5.92 Å². The van der Waals surface area contributed by atoms with Gasteiger partial charge in [0.1, 0.15) is 0 Å². The zero-order chi connectivity index (χ0) is 6.85. The van der Waals surface area contributed by atoms with E-state index >= 15 is 0 Å². The zero-order valence-corrected chi connectivity index (χ0v) is 5.88. The molecule has 1 fully saturated rings. The summed E-state index contributed by atoms with van der Waals surface area (Å²) in [5, 5.41) is 9.17. The number of rotatable bonds is 0. The van der Waals surface area contributed by atoms with Gasteiger partial charge >= 0.3 is 0 Å². The number of aliphatic hydroxyl groups excluding tert-OH is 1. The summed E-state index contributed by atoms with van der Waals surface area (Å²) in [6.07, 6.45) is 0.790. The minimum atomic E-state index is -0.147. The predicted molar refractivity (Wildman–Crippen MR) is 36.7 cm³/mol. The standard InChI is InChI=1S/C7H14NO/c1-6-3-7(9)5-8(2)4-6/h6-7,9H,2-5H2,1H3. The Kier molecular flexibility index (Phi) is 2.09. The first-order valence-corrected chi connectivity index (χ1v) is 3.42. The molecule has 0 amide bonds. The van der Waals surface area contributed by atoms with Gasteiger partial charge in [-0.2, -0.15) is 0 Å². The molecule has 2 unspecified atom stereocenters. The molecular formula is C7H14NO. The average molecular weight is 128 g/mol. The second-order valence-corrected chi connectivity index (χ2v) is 3.03. The van der Waals surface area contributed by atoms with Crippen molar-refractivity contribution in [3.63, 3.8) is 0 Å². The van der Waals surface area contributed by atoms with Crippen molar-refractivity contribution in [2.45, 2.75) is 19.4 Å². The Balaban J connectivity index is 2.34. The molecular weight excluding hydrogens is 114 g/mol. The SMILES string of the molecule is [CH2]N1CC(C)CC(O)C1. The minimum absolute atomic E-state index is 0.147. The number of hydrogen-bond acceptors (Lipinski definition) is 2. The Morgan fingerprint density at radius 1 is 1.56 bits per heavy atom. The van der Waals surface area contributed by atoms with E-state index < -0.39 is 0 Å². The van der Waals surface area contributed by atoms with E-state index in [1.807, 2.05) is 4.90 Å². The fraction of sp³-hybridized carbons (Fsp3) is 0.857. The van der Waals surface area contributed by atoms with Crippen LogP contribution in [0.25, 0.3) is 0 Å². The third-order valence-electron chi connectivity index (χ3n) is 1.71. The highest BCUT2D eigenvalue weighted by molar-refractivity contribution is 4.75. The maximum atomic E-state index is 9.17. The third-order valence-corrected chi connectivity index (χ3v) is 1.71. The van der Waals surface area contributed by atoms with E-state index in [1.54, 1.807) is 0 Å². The summed E-state index contributed by atoms with van der Waals surface area (Å²) < 4.78 is 0. The second kappa shape index (κ2) is 2.67. The average Bonchev–Trinajstić information content (AvgIpc) is 1.59. The first kappa shape index (κ1) is 7.03. The van der Waals surface area contributed by atoms with Crippen LogP contribution < -0.4 is 0 Å². The lowest BCUT2D eigenvalue weighted by Crippen LogP contribution is -2.38. The van der Waals surface area contributed by atoms with E-state index in [9.17, 15) is 0 Å². The van der Waals surface area contributed by atoms with Crippen molar-refractivity contribution in [3.8, 4) is 0 Å². The molecule has 53 valence electrons. The predicted octanol–water partition coefficient (Wildman–Crippen LogP) is 0.481. The van der Waals surface area contributed by atoms with Gasteiger partial charge in [-0.05, 0) is 12.3 Å². The zero-order valence-electron chi connectivity index (χ0n) is 5.88. The van der Waals surface area contributed by atoms with Crippen molar-refractivity contribution >= 4 is 0 Å². The number of hydrogen-bond donors (Lipinski definition) is 1. The van der Waals surface area contributed by atoms with Gasteiger partial charge in [0.05, 0.1) is 6.10 Å². The molecule has 2 nitrogen and oxygen atoms in total. The van der Waals surface area contributed by atoms with Crippen molar-refractivity contribution in [1.82, 2.24) is 4.90 Å². The van der Waals surface area contributed by atoms with Crippen molar-refractivity contribution in [2.75, 3.05) is 13.1 Å². The quantitative estimate of drug-likeness (QED) is 0.513. The largest absolute Gasteiger partial charge is 0.392 e. The van der Waals surface area contributed by atoms with Crippen LogP contribution in [0.4, 0.5) is 0 Å².